The van der Waals surface area contributed by atoms with Crippen molar-refractivity contribution in [1.29, 1.82) is 0 Å². The van der Waals surface area contributed by atoms with Crippen LogP contribution < -0.4 is 0 Å². The van der Waals surface area contributed by atoms with Gasteiger partial charge in [0.25, 0.3) is 0 Å². The molecule has 1 saturated heterocycles. The van der Waals surface area contributed by atoms with E-state index in [0.29, 0.717) is 12.2 Å². The largest absolute Gasteiger partial charge is 0.459 e. The molecule has 0 N–H and O–H groups in total. The average molecular weight is 252 g/mol. The van der Waals surface area contributed by atoms with E-state index >= 15 is 0 Å². The topological polar surface area (TPSA) is 35.5 Å². The van der Waals surface area contributed by atoms with E-state index in [1.165, 1.54) is 6.07 Å². The van der Waals surface area contributed by atoms with Crippen LogP contribution in [0.3, 0.4) is 0 Å². The fraction of sp³-hybridized carbons (Fsp3) is 0.500. The van der Waals surface area contributed by atoms with Crippen LogP contribution in [0.25, 0.3) is 0 Å². The molecule has 1 aliphatic heterocycles. The standard InChI is InChI=1S/C14H17FO3/c1-10-5-4-7-12(13(10)15)14(16)18-9-11-6-2-3-8-17-11/h4-5,7,11H,2-3,6,8-9H2,1H3. The molecule has 1 atom stereocenters. The van der Waals surface area contributed by atoms with E-state index in [-0.39, 0.29) is 18.3 Å². The summed E-state index contributed by atoms with van der Waals surface area (Å²) in [5.41, 5.74) is 0.434. The van der Waals surface area contributed by atoms with Gasteiger partial charge in [-0.05, 0) is 37.8 Å². The molecule has 0 saturated carbocycles. The Labute approximate surface area is 106 Å². The Morgan fingerprint density at radius 3 is 3.06 bits per heavy atom. The Kier molecular flexibility index (Phi) is 4.31. The Hall–Kier alpha value is -1.42. The molecule has 98 valence electrons. The van der Waals surface area contributed by atoms with Gasteiger partial charge in [0.05, 0.1) is 11.7 Å². The molecule has 1 fully saturated rings. The summed E-state index contributed by atoms with van der Waals surface area (Å²) in [6, 6.07) is 4.70. The SMILES string of the molecule is Cc1cccc(C(=O)OCC2CCCCO2)c1F. The molecule has 18 heavy (non-hydrogen) atoms. The molecule has 1 aliphatic rings. The maximum atomic E-state index is 13.7. The molecule has 1 unspecified atom stereocenters. The third-order valence-electron chi connectivity index (χ3n) is 3.09. The van der Waals surface area contributed by atoms with Gasteiger partial charge in [-0.1, -0.05) is 12.1 Å². The number of ether oxygens (including phenoxy) is 2. The smallest absolute Gasteiger partial charge is 0.341 e. The number of rotatable bonds is 3. The number of hydrogen-bond donors (Lipinski definition) is 0. The number of aryl methyl sites for hydroxylation is 1. The van der Waals surface area contributed by atoms with Gasteiger partial charge in [-0.15, -0.1) is 0 Å². The molecule has 0 bridgehead atoms. The van der Waals surface area contributed by atoms with Crippen LogP contribution >= 0.6 is 0 Å². The van der Waals surface area contributed by atoms with Gasteiger partial charge in [0.1, 0.15) is 12.4 Å². The highest BCUT2D eigenvalue weighted by molar-refractivity contribution is 5.89. The molecular weight excluding hydrogens is 235 g/mol. The summed E-state index contributed by atoms with van der Waals surface area (Å²) in [5.74, 6) is -1.13. The number of esters is 1. The highest BCUT2D eigenvalue weighted by Gasteiger charge is 2.19. The van der Waals surface area contributed by atoms with Crippen LogP contribution in [-0.4, -0.2) is 25.3 Å². The summed E-state index contributed by atoms with van der Waals surface area (Å²) in [4.78, 5) is 11.7. The fourth-order valence-corrected chi connectivity index (χ4v) is 1.99. The van der Waals surface area contributed by atoms with Crippen LogP contribution in [0.4, 0.5) is 4.39 Å². The first kappa shape index (κ1) is 13.0. The lowest BCUT2D eigenvalue weighted by molar-refractivity contribution is -0.0302. The van der Waals surface area contributed by atoms with Crippen LogP contribution in [0.5, 0.6) is 0 Å². The zero-order chi connectivity index (χ0) is 13.0. The molecule has 0 aliphatic carbocycles. The van der Waals surface area contributed by atoms with Gasteiger partial charge in [-0.3, -0.25) is 0 Å². The van der Waals surface area contributed by atoms with E-state index in [4.69, 9.17) is 9.47 Å². The minimum absolute atomic E-state index is 0.00851. The van der Waals surface area contributed by atoms with Crippen LogP contribution in [0.15, 0.2) is 18.2 Å². The summed E-state index contributed by atoms with van der Waals surface area (Å²) < 4.78 is 24.2. The van der Waals surface area contributed by atoms with Gasteiger partial charge in [0, 0.05) is 6.61 Å². The van der Waals surface area contributed by atoms with Crippen molar-refractivity contribution in [3.63, 3.8) is 0 Å². The third kappa shape index (κ3) is 3.07. The molecule has 0 aromatic heterocycles. The molecule has 1 aromatic rings. The quantitative estimate of drug-likeness (QED) is 0.776. The van der Waals surface area contributed by atoms with Crippen molar-refractivity contribution >= 4 is 5.97 Å². The summed E-state index contributed by atoms with van der Waals surface area (Å²) in [7, 11) is 0. The zero-order valence-electron chi connectivity index (χ0n) is 10.4. The minimum Gasteiger partial charge on any atom is -0.459 e. The van der Waals surface area contributed by atoms with Crippen molar-refractivity contribution in [1.82, 2.24) is 0 Å². The van der Waals surface area contributed by atoms with Gasteiger partial charge < -0.3 is 9.47 Å². The Morgan fingerprint density at radius 1 is 1.50 bits per heavy atom. The zero-order valence-corrected chi connectivity index (χ0v) is 10.4. The Balaban J connectivity index is 1.93. The monoisotopic (exact) mass is 252 g/mol. The van der Waals surface area contributed by atoms with Crippen molar-refractivity contribution in [2.45, 2.75) is 32.3 Å². The lowest BCUT2D eigenvalue weighted by Gasteiger charge is -2.22. The predicted molar refractivity (Wildman–Crippen MR) is 65.0 cm³/mol. The van der Waals surface area contributed by atoms with Crippen LogP contribution in [-0.2, 0) is 9.47 Å². The number of hydrogen-bond acceptors (Lipinski definition) is 3. The maximum Gasteiger partial charge on any atom is 0.341 e. The van der Waals surface area contributed by atoms with E-state index in [0.717, 1.165) is 19.3 Å². The number of benzene rings is 1. The summed E-state index contributed by atoms with van der Waals surface area (Å²) in [5, 5.41) is 0. The second kappa shape index (κ2) is 5.96. The lowest BCUT2D eigenvalue weighted by atomic mass is 10.1. The summed E-state index contributed by atoms with van der Waals surface area (Å²) in [6.45, 7) is 2.53. The molecular formula is C14H17FO3. The normalized spacial score (nSPS) is 19.6. The van der Waals surface area contributed by atoms with Crippen molar-refractivity contribution in [2.24, 2.45) is 0 Å². The van der Waals surface area contributed by atoms with Gasteiger partial charge in [0.2, 0.25) is 0 Å². The lowest BCUT2D eigenvalue weighted by Crippen LogP contribution is -2.26. The van der Waals surface area contributed by atoms with Gasteiger partial charge >= 0.3 is 5.97 Å². The third-order valence-corrected chi connectivity index (χ3v) is 3.09. The highest BCUT2D eigenvalue weighted by Crippen LogP contribution is 2.16. The molecule has 2 rings (SSSR count). The van der Waals surface area contributed by atoms with E-state index in [1.807, 2.05) is 0 Å². The number of halogens is 1. The van der Waals surface area contributed by atoms with Crippen molar-refractivity contribution in [3.8, 4) is 0 Å². The first-order chi connectivity index (χ1) is 8.68. The maximum absolute atomic E-state index is 13.7. The minimum atomic E-state index is -0.620. The van der Waals surface area contributed by atoms with E-state index in [1.54, 1.807) is 19.1 Å². The van der Waals surface area contributed by atoms with Crippen molar-refractivity contribution < 1.29 is 18.7 Å². The molecule has 1 heterocycles. The summed E-state index contributed by atoms with van der Waals surface area (Å²) in [6.07, 6.45) is 2.98. The van der Waals surface area contributed by atoms with Crippen LogP contribution in [0.1, 0.15) is 35.2 Å². The molecule has 0 radical (unpaired) electrons. The molecule has 1 aromatic carbocycles. The predicted octanol–water partition coefficient (Wildman–Crippen LogP) is 2.86. The van der Waals surface area contributed by atoms with Gasteiger partial charge in [-0.25, -0.2) is 9.18 Å². The number of carbonyl (C=O) groups excluding carboxylic acids is 1. The second-order valence-electron chi connectivity index (χ2n) is 4.52. The van der Waals surface area contributed by atoms with E-state index < -0.39 is 11.8 Å². The number of carbonyl (C=O) groups is 1. The van der Waals surface area contributed by atoms with Crippen molar-refractivity contribution in [3.05, 3.63) is 35.1 Å². The van der Waals surface area contributed by atoms with E-state index in [9.17, 15) is 9.18 Å². The molecule has 0 amide bonds. The highest BCUT2D eigenvalue weighted by atomic mass is 19.1. The van der Waals surface area contributed by atoms with Gasteiger partial charge in [-0.2, -0.15) is 0 Å². The summed E-state index contributed by atoms with van der Waals surface area (Å²) >= 11 is 0. The molecule has 3 nitrogen and oxygen atoms in total. The second-order valence-corrected chi connectivity index (χ2v) is 4.52. The van der Waals surface area contributed by atoms with Crippen LogP contribution in [0.2, 0.25) is 0 Å². The van der Waals surface area contributed by atoms with Gasteiger partial charge in [0.15, 0.2) is 0 Å². The molecule has 0 spiro atoms. The van der Waals surface area contributed by atoms with Crippen LogP contribution in [0, 0.1) is 12.7 Å². The molecule has 4 heteroatoms. The Morgan fingerprint density at radius 2 is 2.33 bits per heavy atom. The van der Waals surface area contributed by atoms with E-state index in [2.05, 4.69) is 0 Å². The van der Waals surface area contributed by atoms with Crippen molar-refractivity contribution in [2.75, 3.05) is 13.2 Å². The fourth-order valence-electron chi connectivity index (χ4n) is 1.99. The Bertz CT molecular complexity index is 425. The first-order valence-corrected chi connectivity index (χ1v) is 6.22. The average Bonchev–Trinajstić information content (AvgIpc) is 2.40. The first-order valence-electron chi connectivity index (χ1n) is 6.22.